The highest BCUT2D eigenvalue weighted by atomic mass is 32.1. The van der Waals surface area contributed by atoms with Crippen molar-refractivity contribution in [1.29, 1.82) is 0 Å². The Hall–Kier alpha value is -2.21. The van der Waals surface area contributed by atoms with Gasteiger partial charge in [-0.15, -0.1) is 0 Å². The predicted molar refractivity (Wildman–Crippen MR) is 75.3 cm³/mol. The summed E-state index contributed by atoms with van der Waals surface area (Å²) in [5, 5.41) is 4.38. The van der Waals surface area contributed by atoms with Gasteiger partial charge in [0.2, 0.25) is 11.0 Å². The second-order valence-corrected chi connectivity index (χ2v) is 4.98. The number of nitrogens with one attached hydrogen (secondary N) is 2. The molecule has 0 spiro atoms. The maximum absolute atomic E-state index is 11.9. The number of aromatic amines is 1. The molecule has 0 fully saturated rings. The van der Waals surface area contributed by atoms with Crippen molar-refractivity contribution in [3.8, 4) is 0 Å². The summed E-state index contributed by atoms with van der Waals surface area (Å²) < 4.78 is 4.03. The van der Waals surface area contributed by atoms with Gasteiger partial charge in [-0.2, -0.15) is 4.37 Å². The zero-order valence-corrected chi connectivity index (χ0v) is 11.1. The van der Waals surface area contributed by atoms with Crippen LogP contribution >= 0.6 is 11.5 Å². The lowest BCUT2D eigenvalue weighted by molar-refractivity contribution is -0.115. The molecule has 0 unspecified atom stereocenters. The number of carbonyl (C=O) groups excluding carboxylic acids is 1. The number of aromatic nitrogens is 3. The maximum Gasteiger partial charge on any atom is 0.230 e. The van der Waals surface area contributed by atoms with Crippen LogP contribution in [0.5, 0.6) is 0 Å². The Morgan fingerprint density at radius 3 is 3.05 bits per heavy atom. The van der Waals surface area contributed by atoms with E-state index in [-0.39, 0.29) is 5.91 Å². The minimum Gasteiger partial charge on any atom is -0.361 e. The fourth-order valence-electron chi connectivity index (χ4n) is 1.96. The molecule has 0 aliphatic rings. The topological polar surface area (TPSA) is 70.7 Å². The predicted octanol–water partition coefficient (Wildman–Crippen LogP) is 2.51. The molecule has 0 aliphatic carbocycles. The first-order chi connectivity index (χ1) is 9.22. The van der Waals surface area contributed by atoms with E-state index in [2.05, 4.69) is 19.7 Å². The number of benzene rings is 1. The fourth-order valence-corrected chi connectivity index (χ4v) is 2.55. The van der Waals surface area contributed by atoms with Crippen molar-refractivity contribution in [1.82, 2.24) is 14.3 Å². The molecule has 0 aliphatic heterocycles. The lowest BCUT2D eigenvalue weighted by Crippen LogP contribution is -2.13. The van der Waals surface area contributed by atoms with Gasteiger partial charge in [0.1, 0.15) is 5.82 Å². The second-order valence-electron chi connectivity index (χ2n) is 4.23. The largest absolute Gasteiger partial charge is 0.361 e. The number of nitrogens with zero attached hydrogens (tertiary/aromatic N) is 2. The van der Waals surface area contributed by atoms with Gasteiger partial charge >= 0.3 is 0 Å². The summed E-state index contributed by atoms with van der Waals surface area (Å²) in [5.74, 6) is 0.591. The van der Waals surface area contributed by atoms with E-state index in [1.165, 1.54) is 11.5 Å². The second kappa shape index (κ2) is 4.81. The monoisotopic (exact) mass is 272 g/mol. The molecule has 0 atom stereocenters. The van der Waals surface area contributed by atoms with Crippen molar-refractivity contribution in [2.45, 2.75) is 13.3 Å². The Morgan fingerprint density at radius 2 is 2.26 bits per heavy atom. The molecule has 3 aromatic rings. The Balaban J connectivity index is 1.76. The van der Waals surface area contributed by atoms with Gasteiger partial charge in [-0.25, -0.2) is 4.98 Å². The molecule has 2 aromatic heterocycles. The third-order valence-electron chi connectivity index (χ3n) is 2.80. The summed E-state index contributed by atoms with van der Waals surface area (Å²) in [5.41, 5.74) is 2.02. The van der Waals surface area contributed by atoms with Crippen LogP contribution in [0.2, 0.25) is 0 Å². The Bertz CT molecular complexity index is 731. The average molecular weight is 272 g/mol. The quantitative estimate of drug-likeness (QED) is 0.769. The van der Waals surface area contributed by atoms with Crippen molar-refractivity contribution < 1.29 is 4.79 Å². The number of fused-ring (bicyclic) bond motifs is 1. The van der Waals surface area contributed by atoms with Crippen molar-refractivity contribution in [2.75, 3.05) is 5.32 Å². The molecule has 0 bridgehead atoms. The zero-order chi connectivity index (χ0) is 13.2. The van der Waals surface area contributed by atoms with Gasteiger partial charge in [0.15, 0.2) is 0 Å². The molecule has 1 amide bonds. The first-order valence-corrected chi connectivity index (χ1v) is 6.65. The van der Waals surface area contributed by atoms with E-state index >= 15 is 0 Å². The summed E-state index contributed by atoms with van der Waals surface area (Å²) in [6.45, 7) is 1.80. The van der Waals surface area contributed by atoms with E-state index in [1.807, 2.05) is 30.5 Å². The van der Waals surface area contributed by atoms with Crippen LogP contribution in [0.4, 0.5) is 5.13 Å². The number of carbonyl (C=O) groups is 1. The molecule has 5 nitrogen and oxygen atoms in total. The van der Waals surface area contributed by atoms with E-state index in [0.29, 0.717) is 17.4 Å². The van der Waals surface area contributed by atoms with Crippen molar-refractivity contribution in [3.05, 3.63) is 41.9 Å². The van der Waals surface area contributed by atoms with Crippen LogP contribution in [0.3, 0.4) is 0 Å². The minimum absolute atomic E-state index is 0.0825. The maximum atomic E-state index is 11.9. The van der Waals surface area contributed by atoms with E-state index in [4.69, 9.17) is 0 Å². The Kier molecular flexibility index (Phi) is 3.00. The lowest BCUT2D eigenvalue weighted by Gasteiger charge is -2.00. The van der Waals surface area contributed by atoms with Crippen molar-refractivity contribution >= 4 is 33.5 Å². The van der Waals surface area contributed by atoms with Crippen molar-refractivity contribution in [3.63, 3.8) is 0 Å². The molecule has 19 heavy (non-hydrogen) atoms. The number of amides is 1. The Labute approximate surface area is 113 Å². The summed E-state index contributed by atoms with van der Waals surface area (Å²) in [6, 6.07) is 7.92. The number of anilines is 1. The first-order valence-electron chi connectivity index (χ1n) is 5.87. The number of aryl methyl sites for hydroxylation is 1. The third kappa shape index (κ3) is 2.48. The van der Waals surface area contributed by atoms with E-state index in [0.717, 1.165) is 16.5 Å². The van der Waals surface area contributed by atoms with Crippen LogP contribution in [0.1, 0.15) is 11.4 Å². The highest BCUT2D eigenvalue weighted by molar-refractivity contribution is 7.09. The molecular formula is C13H12N4OS. The lowest BCUT2D eigenvalue weighted by atomic mass is 10.1. The van der Waals surface area contributed by atoms with Gasteiger partial charge in [-0.05, 0) is 18.6 Å². The highest BCUT2D eigenvalue weighted by Gasteiger charge is 2.10. The standard InChI is InChI=1S/C13H12N4OS/c1-8-15-13(19-17-8)16-12(18)6-9-7-14-11-5-3-2-4-10(9)11/h2-5,7,14H,6H2,1H3,(H,15,16,17,18). The zero-order valence-electron chi connectivity index (χ0n) is 10.3. The van der Waals surface area contributed by atoms with Crippen LogP contribution in [0, 0.1) is 6.92 Å². The molecule has 0 saturated heterocycles. The molecule has 1 aromatic carbocycles. The first kappa shape index (κ1) is 11.9. The smallest absolute Gasteiger partial charge is 0.230 e. The van der Waals surface area contributed by atoms with E-state index in [9.17, 15) is 4.79 Å². The molecule has 2 heterocycles. The van der Waals surface area contributed by atoms with Gasteiger partial charge in [-0.3, -0.25) is 4.79 Å². The van der Waals surface area contributed by atoms with Gasteiger partial charge < -0.3 is 10.3 Å². The van der Waals surface area contributed by atoms with Gasteiger partial charge in [0.25, 0.3) is 0 Å². The van der Waals surface area contributed by atoms with Crippen LogP contribution < -0.4 is 5.32 Å². The average Bonchev–Trinajstić information content (AvgIpc) is 2.97. The van der Waals surface area contributed by atoms with Crippen LogP contribution in [-0.2, 0) is 11.2 Å². The number of rotatable bonds is 3. The van der Waals surface area contributed by atoms with E-state index in [1.54, 1.807) is 6.92 Å². The number of para-hydroxylation sites is 1. The van der Waals surface area contributed by atoms with Crippen molar-refractivity contribution in [2.24, 2.45) is 0 Å². The molecule has 0 radical (unpaired) electrons. The summed E-state index contributed by atoms with van der Waals surface area (Å²) >= 11 is 1.19. The molecule has 96 valence electrons. The highest BCUT2D eigenvalue weighted by Crippen LogP contribution is 2.19. The van der Waals surface area contributed by atoms with Crippen LogP contribution in [-0.4, -0.2) is 20.2 Å². The summed E-state index contributed by atoms with van der Waals surface area (Å²) in [7, 11) is 0. The van der Waals surface area contributed by atoms with E-state index < -0.39 is 0 Å². The molecule has 6 heteroatoms. The molecular weight excluding hydrogens is 260 g/mol. The Morgan fingerprint density at radius 1 is 1.42 bits per heavy atom. The number of hydrogen-bond acceptors (Lipinski definition) is 4. The van der Waals surface area contributed by atoms with Gasteiger partial charge in [-0.1, -0.05) is 18.2 Å². The van der Waals surface area contributed by atoms with Gasteiger partial charge in [0.05, 0.1) is 6.42 Å². The fraction of sp³-hybridized carbons (Fsp3) is 0.154. The number of H-pyrrole nitrogens is 1. The number of hydrogen-bond donors (Lipinski definition) is 2. The van der Waals surface area contributed by atoms with Crippen LogP contribution in [0.25, 0.3) is 10.9 Å². The van der Waals surface area contributed by atoms with Crippen LogP contribution in [0.15, 0.2) is 30.5 Å². The molecule has 0 saturated carbocycles. The summed E-state index contributed by atoms with van der Waals surface area (Å²) in [4.78, 5) is 19.2. The third-order valence-corrected chi connectivity index (χ3v) is 3.52. The normalized spacial score (nSPS) is 10.8. The van der Waals surface area contributed by atoms with Gasteiger partial charge in [0, 0.05) is 28.6 Å². The minimum atomic E-state index is -0.0825. The molecule has 2 N–H and O–H groups in total. The summed E-state index contributed by atoms with van der Waals surface area (Å²) in [6.07, 6.45) is 2.19. The molecule has 3 rings (SSSR count). The SMILES string of the molecule is Cc1nsc(NC(=O)Cc2c[nH]c3ccccc23)n1.